The van der Waals surface area contributed by atoms with Gasteiger partial charge in [0, 0.05) is 48.9 Å². The molecular formula is C21H17F4N3. The largest absolute Gasteiger partial charge is 0.416 e. The predicted octanol–water partition coefficient (Wildman–Crippen LogP) is 4.86. The van der Waals surface area contributed by atoms with Gasteiger partial charge in [0.05, 0.1) is 11.3 Å². The van der Waals surface area contributed by atoms with Gasteiger partial charge in [-0.3, -0.25) is 4.90 Å². The summed E-state index contributed by atoms with van der Waals surface area (Å²) in [5.74, 6) is 0.0196. The summed E-state index contributed by atoms with van der Waals surface area (Å²) < 4.78 is 52.7. The molecule has 7 heteroatoms. The molecule has 0 aliphatic carbocycles. The van der Waals surface area contributed by atoms with Crippen LogP contribution in [0.5, 0.6) is 0 Å². The zero-order chi connectivity index (χ0) is 19.7. The summed E-state index contributed by atoms with van der Waals surface area (Å²) in [7, 11) is 0. The summed E-state index contributed by atoms with van der Waals surface area (Å²) in [6.45, 7) is 1.17. The Balaban J connectivity index is 1.52. The van der Waals surface area contributed by atoms with E-state index in [1.54, 1.807) is 6.20 Å². The highest BCUT2D eigenvalue weighted by molar-refractivity contribution is 5.54. The Hall–Kier alpha value is -2.80. The van der Waals surface area contributed by atoms with E-state index in [1.807, 2.05) is 35.2 Å². The lowest BCUT2D eigenvalue weighted by molar-refractivity contribution is -0.137. The monoisotopic (exact) mass is 387 g/mol. The highest BCUT2D eigenvalue weighted by Gasteiger charge is 2.31. The molecule has 2 aromatic carbocycles. The van der Waals surface area contributed by atoms with E-state index in [-0.39, 0.29) is 12.1 Å². The van der Waals surface area contributed by atoms with Crippen LogP contribution in [0.4, 0.5) is 17.6 Å². The van der Waals surface area contributed by atoms with E-state index in [0.717, 1.165) is 35.0 Å². The second-order valence-corrected chi connectivity index (χ2v) is 6.80. The fourth-order valence-electron chi connectivity index (χ4n) is 3.35. The molecule has 0 spiro atoms. The van der Waals surface area contributed by atoms with E-state index in [2.05, 4.69) is 9.97 Å². The number of fused-ring (bicyclic) bond motifs is 1. The molecule has 0 fully saturated rings. The molecule has 3 nitrogen and oxygen atoms in total. The molecule has 0 radical (unpaired) electrons. The quantitative estimate of drug-likeness (QED) is 0.601. The molecule has 28 heavy (non-hydrogen) atoms. The number of hydrogen-bond acceptors (Lipinski definition) is 3. The number of halogens is 4. The van der Waals surface area contributed by atoms with Crippen LogP contribution in [0.15, 0.2) is 54.7 Å². The number of aromatic nitrogens is 2. The zero-order valence-corrected chi connectivity index (χ0v) is 14.9. The minimum Gasteiger partial charge on any atom is -0.294 e. The van der Waals surface area contributed by atoms with Crippen molar-refractivity contribution in [3.63, 3.8) is 0 Å². The van der Waals surface area contributed by atoms with Crippen LogP contribution in [0.25, 0.3) is 11.4 Å². The van der Waals surface area contributed by atoms with Crippen LogP contribution < -0.4 is 0 Å². The summed E-state index contributed by atoms with van der Waals surface area (Å²) in [5, 5.41) is 0. The standard InChI is InChI=1S/C21H17F4N3/c22-18-7-6-17(21(23,24)25)10-15(18)12-28-9-8-19-16(13-28)11-26-20(27-19)14-4-2-1-3-5-14/h1-7,10-11H,8-9,12-13H2. The second-order valence-electron chi connectivity index (χ2n) is 6.80. The van der Waals surface area contributed by atoms with Gasteiger partial charge in [-0.2, -0.15) is 13.2 Å². The Morgan fingerprint density at radius 2 is 1.82 bits per heavy atom. The van der Waals surface area contributed by atoms with Crippen molar-refractivity contribution in [3.8, 4) is 11.4 Å². The smallest absolute Gasteiger partial charge is 0.294 e. The third-order valence-electron chi connectivity index (χ3n) is 4.81. The van der Waals surface area contributed by atoms with Gasteiger partial charge in [-0.05, 0) is 18.2 Å². The van der Waals surface area contributed by atoms with Gasteiger partial charge in [0.1, 0.15) is 5.82 Å². The van der Waals surface area contributed by atoms with E-state index in [4.69, 9.17) is 0 Å². The average molecular weight is 387 g/mol. The lowest BCUT2D eigenvalue weighted by atomic mass is 10.0. The highest BCUT2D eigenvalue weighted by atomic mass is 19.4. The highest BCUT2D eigenvalue weighted by Crippen LogP contribution is 2.31. The Morgan fingerprint density at radius 1 is 1.04 bits per heavy atom. The van der Waals surface area contributed by atoms with Crippen molar-refractivity contribution < 1.29 is 17.6 Å². The molecule has 1 aromatic heterocycles. The molecule has 1 aliphatic heterocycles. The predicted molar refractivity (Wildman–Crippen MR) is 96.7 cm³/mol. The van der Waals surface area contributed by atoms with Gasteiger partial charge in [0.25, 0.3) is 0 Å². The molecule has 0 saturated heterocycles. The molecule has 0 bridgehead atoms. The van der Waals surface area contributed by atoms with Gasteiger partial charge in [0.2, 0.25) is 0 Å². The van der Waals surface area contributed by atoms with Crippen LogP contribution in [0.3, 0.4) is 0 Å². The van der Waals surface area contributed by atoms with E-state index in [9.17, 15) is 17.6 Å². The molecule has 1 aliphatic rings. The molecule has 2 heterocycles. The third kappa shape index (κ3) is 3.89. The van der Waals surface area contributed by atoms with Crippen molar-refractivity contribution in [1.29, 1.82) is 0 Å². The van der Waals surface area contributed by atoms with E-state index in [0.29, 0.717) is 25.3 Å². The Morgan fingerprint density at radius 3 is 2.57 bits per heavy atom. The number of nitrogens with zero attached hydrogens (tertiary/aromatic N) is 3. The summed E-state index contributed by atoms with van der Waals surface area (Å²) in [6.07, 6.45) is -2.10. The Labute approximate surface area is 159 Å². The first-order valence-corrected chi connectivity index (χ1v) is 8.88. The first kappa shape index (κ1) is 18.6. The maximum absolute atomic E-state index is 14.0. The van der Waals surface area contributed by atoms with Crippen LogP contribution in [0.2, 0.25) is 0 Å². The second kappa shape index (κ2) is 7.31. The minimum atomic E-state index is -4.49. The van der Waals surface area contributed by atoms with Crippen LogP contribution >= 0.6 is 0 Å². The minimum absolute atomic E-state index is 0.0418. The average Bonchev–Trinajstić information content (AvgIpc) is 2.69. The summed E-state index contributed by atoms with van der Waals surface area (Å²) in [4.78, 5) is 10.9. The van der Waals surface area contributed by atoms with Crippen LogP contribution in [0.1, 0.15) is 22.4 Å². The summed E-state index contributed by atoms with van der Waals surface area (Å²) >= 11 is 0. The van der Waals surface area contributed by atoms with Gasteiger partial charge in [-0.1, -0.05) is 30.3 Å². The van der Waals surface area contributed by atoms with Gasteiger partial charge in [-0.25, -0.2) is 14.4 Å². The Bertz CT molecular complexity index is 987. The molecule has 0 N–H and O–H groups in total. The van der Waals surface area contributed by atoms with E-state index >= 15 is 0 Å². The van der Waals surface area contributed by atoms with E-state index in [1.165, 1.54) is 0 Å². The van der Waals surface area contributed by atoms with Crippen molar-refractivity contribution in [3.05, 3.63) is 82.9 Å². The molecule has 0 amide bonds. The summed E-state index contributed by atoms with van der Waals surface area (Å²) in [6, 6.07) is 12.2. The van der Waals surface area contributed by atoms with Crippen LogP contribution in [0, 0.1) is 5.82 Å². The number of rotatable bonds is 3. The zero-order valence-electron chi connectivity index (χ0n) is 14.9. The molecule has 3 aromatic rings. The fraction of sp³-hybridized carbons (Fsp3) is 0.238. The first-order valence-electron chi connectivity index (χ1n) is 8.88. The number of benzene rings is 2. The molecule has 0 saturated carbocycles. The van der Waals surface area contributed by atoms with Crippen LogP contribution in [-0.2, 0) is 25.7 Å². The van der Waals surface area contributed by atoms with Gasteiger partial charge < -0.3 is 0 Å². The normalized spacial score (nSPS) is 14.7. The van der Waals surface area contributed by atoms with Gasteiger partial charge in [0.15, 0.2) is 5.82 Å². The lowest BCUT2D eigenvalue weighted by Crippen LogP contribution is -2.31. The molecule has 0 atom stereocenters. The van der Waals surface area contributed by atoms with Crippen molar-refractivity contribution in [1.82, 2.24) is 14.9 Å². The Kier molecular flexibility index (Phi) is 4.85. The maximum Gasteiger partial charge on any atom is 0.416 e. The van der Waals surface area contributed by atoms with Crippen LogP contribution in [-0.4, -0.2) is 21.4 Å². The molecule has 144 valence electrons. The number of alkyl halides is 3. The van der Waals surface area contributed by atoms with E-state index < -0.39 is 17.6 Å². The van der Waals surface area contributed by atoms with Crippen molar-refractivity contribution in [2.75, 3.05) is 6.54 Å². The summed E-state index contributed by atoms with van der Waals surface area (Å²) in [5.41, 5.74) is 1.98. The molecule has 0 unspecified atom stereocenters. The van der Waals surface area contributed by atoms with Crippen molar-refractivity contribution in [2.24, 2.45) is 0 Å². The maximum atomic E-state index is 14.0. The third-order valence-corrected chi connectivity index (χ3v) is 4.81. The molecule has 4 rings (SSSR count). The van der Waals surface area contributed by atoms with Gasteiger partial charge in [-0.15, -0.1) is 0 Å². The lowest BCUT2D eigenvalue weighted by Gasteiger charge is -2.28. The fourth-order valence-corrected chi connectivity index (χ4v) is 3.35. The topological polar surface area (TPSA) is 29.0 Å². The first-order chi connectivity index (χ1) is 13.4. The SMILES string of the molecule is Fc1ccc(C(F)(F)F)cc1CN1CCc2nc(-c3ccccc3)ncc2C1. The van der Waals surface area contributed by atoms with Crippen molar-refractivity contribution in [2.45, 2.75) is 25.7 Å². The molecular weight excluding hydrogens is 370 g/mol. The number of hydrogen-bond donors (Lipinski definition) is 0. The van der Waals surface area contributed by atoms with Crippen molar-refractivity contribution >= 4 is 0 Å². The van der Waals surface area contributed by atoms with Gasteiger partial charge >= 0.3 is 6.18 Å².